The molecule has 0 saturated carbocycles. The Balaban J connectivity index is 2.03. The second-order valence-corrected chi connectivity index (χ2v) is 4.18. The summed E-state index contributed by atoms with van der Waals surface area (Å²) in [7, 11) is 0. The normalized spacial score (nSPS) is 14.1. The molecule has 1 aliphatic rings. The number of aromatic nitrogens is 1. The van der Waals surface area contributed by atoms with E-state index in [9.17, 15) is 0 Å². The molecule has 2 aromatic rings. The van der Waals surface area contributed by atoms with Crippen molar-refractivity contribution in [3.05, 3.63) is 41.4 Å². The third-order valence-corrected chi connectivity index (χ3v) is 3.07. The van der Waals surface area contributed by atoms with Crippen molar-refractivity contribution in [2.24, 2.45) is 15.2 Å². The molecule has 0 unspecified atom stereocenters. The quantitative estimate of drug-likeness (QED) is 0.779. The maximum absolute atomic E-state index is 4.28. The van der Waals surface area contributed by atoms with E-state index in [0.717, 1.165) is 16.1 Å². The van der Waals surface area contributed by atoms with Gasteiger partial charge >= 0.3 is 0 Å². The van der Waals surface area contributed by atoms with E-state index < -0.39 is 0 Å². The zero-order chi connectivity index (χ0) is 10.8. The van der Waals surface area contributed by atoms with E-state index in [0.29, 0.717) is 12.5 Å². The molecule has 0 fully saturated rings. The minimum absolute atomic E-state index is 0.441. The zero-order valence-corrected chi connectivity index (χ0v) is 9.18. The Labute approximate surface area is 96.4 Å². The van der Waals surface area contributed by atoms with Crippen molar-refractivity contribution >= 4 is 17.2 Å². The molecule has 2 heterocycles. The summed E-state index contributed by atoms with van der Waals surface area (Å²) < 4.78 is 0. The summed E-state index contributed by atoms with van der Waals surface area (Å²) in [5.41, 5.74) is 2.09. The smallest absolute Gasteiger partial charge is 0.178 e. The highest BCUT2D eigenvalue weighted by Crippen LogP contribution is 2.23. The zero-order valence-electron chi connectivity index (χ0n) is 8.37. The predicted octanol–water partition coefficient (Wildman–Crippen LogP) is 2.98. The molecule has 0 atom stereocenters. The molecular formula is C11H8N4S. The van der Waals surface area contributed by atoms with Gasteiger partial charge in [0.2, 0.25) is 0 Å². The Morgan fingerprint density at radius 2 is 2.12 bits per heavy atom. The molecule has 0 saturated heterocycles. The fourth-order valence-corrected chi connectivity index (χ4v) is 2.17. The highest BCUT2D eigenvalue weighted by molar-refractivity contribution is 7.13. The molecule has 78 valence electrons. The summed E-state index contributed by atoms with van der Waals surface area (Å²) in [4.78, 5) is 8.47. The summed E-state index contributed by atoms with van der Waals surface area (Å²) in [5.74, 6) is 0.707. The lowest BCUT2D eigenvalue weighted by Gasteiger charge is -1.99. The van der Waals surface area contributed by atoms with Crippen LogP contribution in [-0.4, -0.2) is 17.5 Å². The summed E-state index contributed by atoms with van der Waals surface area (Å²) >= 11 is 1.62. The van der Waals surface area contributed by atoms with Crippen LogP contribution in [-0.2, 0) is 0 Å². The van der Waals surface area contributed by atoms with Gasteiger partial charge in [0.05, 0.1) is 0 Å². The average Bonchev–Trinajstić information content (AvgIpc) is 3.03. The van der Waals surface area contributed by atoms with Crippen molar-refractivity contribution in [2.45, 2.75) is 0 Å². The summed E-state index contributed by atoms with van der Waals surface area (Å²) in [5, 5.41) is 10.8. The van der Waals surface area contributed by atoms with E-state index >= 15 is 0 Å². The number of nitrogens with zero attached hydrogens (tertiary/aromatic N) is 4. The fourth-order valence-electron chi connectivity index (χ4n) is 1.54. The second kappa shape index (κ2) is 3.94. The number of thiazole rings is 1. The van der Waals surface area contributed by atoms with Gasteiger partial charge in [0.15, 0.2) is 12.5 Å². The SMILES string of the molecule is c1cc(C2=NCN=N2)cc(-c2nccs2)c1. The second-order valence-electron chi connectivity index (χ2n) is 3.28. The minimum Gasteiger partial charge on any atom is -0.245 e. The first kappa shape index (κ1) is 9.35. The van der Waals surface area contributed by atoms with Crippen molar-refractivity contribution in [2.75, 3.05) is 6.67 Å². The highest BCUT2D eigenvalue weighted by Gasteiger charge is 2.08. The minimum atomic E-state index is 0.441. The van der Waals surface area contributed by atoms with Gasteiger partial charge in [-0.15, -0.1) is 16.5 Å². The Bertz CT molecular complexity index is 557. The number of aliphatic imine (C=N–C) groups is 1. The van der Waals surface area contributed by atoms with Crippen molar-refractivity contribution in [1.82, 2.24) is 4.98 Å². The first-order chi connectivity index (χ1) is 7.93. The Morgan fingerprint density at radius 3 is 2.88 bits per heavy atom. The maximum atomic E-state index is 4.28. The lowest BCUT2D eigenvalue weighted by atomic mass is 10.1. The summed E-state index contributed by atoms with van der Waals surface area (Å²) in [6, 6.07) is 8.06. The fraction of sp³-hybridized carbons (Fsp3) is 0.0909. The van der Waals surface area contributed by atoms with Gasteiger partial charge in [-0.3, -0.25) is 0 Å². The summed E-state index contributed by atoms with van der Waals surface area (Å²) in [6.45, 7) is 0.441. The van der Waals surface area contributed by atoms with E-state index in [2.05, 4.69) is 20.2 Å². The molecule has 3 rings (SSSR count). The largest absolute Gasteiger partial charge is 0.245 e. The Morgan fingerprint density at radius 1 is 1.19 bits per heavy atom. The van der Waals surface area contributed by atoms with Gasteiger partial charge in [0.25, 0.3) is 0 Å². The van der Waals surface area contributed by atoms with Crippen LogP contribution in [0.2, 0.25) is 0 Å². The van der Waals surface area contributed by atoms with Crippen LogP contribution in [0.3, 0.4) is 0 Å². The van der Waals surface area contributed by atoms with Crippen molar-refractivity contribution in [1.29, 1.82) is 0 Å². The number of hydrogen-bond acceptors (Lipinski definition) is 5. The molecule has 0 amide bonds. The van der Waals surface area contributed by atoms with Crippen molar-refractivity contribution in [3.8, 4) is 10.6 Å². The maximum Gasteiger partial charge on any atom is 0.178 e. The van der Waals surface area contributed by atoms with Crippen LogP contribution in [0.5, 0.6) is 0 Å². The lowest BCUT2D eigenvalue weighted by Crippen LogP contribution is -1.93. The molecule has 16 heavy (non-hydrogen) atoms. The highest BCUT2D eigenvalue weighted by atomic mass is 32.1. The van der Waals surface area contributed by atoms with E-state index in [1.54, 1.807) is 17.5 Å². The molecule has 1 aromatic heterocycles. The third-order valence-electron chi connectivity index (χ3n) is 2.25. The van der Waals surface area contributed by atoms with Gasteiger partial charge in [-0.25, -0.2) is 9.98 Å². The molecule has 0 radical (unpaired) electrons. The molecule has 0 aliphatic carbocycles. The van der Waals surface area contributed by atoms with E-state index in [-0.39, 0.29) is 0 Å². The van der Waals surface area contributed by atoms with Crippen LogP contribution in [0, 0.1) is 0 Å². The number of rotatable bonds is 2. The molecule has 0 N–H and O–H groups in total. The van der Waals surface area contributed by atoms with E-state index in [1.165, 1.54) is 0 Å². The van der Waals surface area contributed by atoms with Gasteiger partial charge < -0.3 is 0 Å². The standard InChI is InChI=1S/C11H8N4S/c1-2-8(10-13-7-14-15-10)6-9(3-1)11-12-4-5-16-11/h1-6H,7H2. The Hall–Kier alpha value is -1.88. The van der Waals surface area contributed by atoms with Crippen LogP contribution >= 0.6 is 11.3 Å². The molecular weight excluding hydrogens is 220 g/mol. The summed E-state index contributed by atoms with van der Waals surface area (Å²) in [6.07, 6.45) is 1.81. The van der Waals surface area contributed by atoms with Gasteiger partial charge in [0.1, 0.15) is 5.01 Å². The molecule has 5 heteroatoms. The average molecular weight is 228 g/mol. The first-order valence-corrected chi connectivity index (χ1v) is 5.74. The predicted molar refractivity (Wildman–Crippen MR) is 63.8 cm³/mol. The number of amidine groups is 1. The Kier molecular flexibility index (Phi) is 2.30. The third kappa shape index (κ3) is 1.65. The van der Waals surface area contributed by atoms with Crippen molar-refractivity contribution < 1.29 is 0 Å². The lowest BCUT2D eigenvalue weighted by molar-refractivity contribution is 1.05. The van der Waals surface area contributed by atoms with Gasteiger partial charge in [-0.1, -0.05) is 18.2 Å². The van der Waals surface area contributed by atoms with Crippen LogP contribution in [0.1, 0.15) is 5.56 Å². The number of benzene rings is 1. The van der Waals surface area contributed by atoms with Crippen LogP contribution in [0.15, 0.2) is 51.1 Å². The topological polar surface area (TPSA) is 50.0 Å². The molecule has 1 aliphatic heterocycles. The monoisotopic (exact) mass is 228 g/mol. The van der Waals surface area contributed by atoms with E-state index in [1.807, 2.05) is 29.6 Å². The molecule has 0 bridgehead atoms. The first-order valence-electron chi connectivity index (χ1n) is 4.86. The van der Waals surface area contributed by atoms with Gasteiger partial charge in [0, 0.05) is 22.7 Å². The van der Waals surface area contributed by atoms with Crippen molar-refractivity contribution in [3.63, 3.8) is 0 Å². The van der Waals surface area contributed by atoms with E-state index in [4.69, 9.17) is 0 Å². The molecule has 0 spiro atoms. The van der Waals surface area contributed by atoms with Crippen LogP contribution in [0.4, 0.5) is 0 Å². The molecule has 1 aromatic carbocycles. The van der Waals surface area contributed by atoms with Gasteiger partial charge in [-0.2, -0.15) is 5.11 Å². The molecule has 4 nitrogen and oxygen atoms in total. The number of hydrogen-bond donors (Lipinski definition) is 0. The van der Waals surface area contributed by atoms with Crippen LogP contribution in [0.25, 0.3) is 10.6 Å². The van der Waals surface area contributed by atoms with Crippen LogP contribution < -0.4 is 0 Å². The number of azo groups is 1. The van der Waals surface area contributed by atoms with Gasteiger partial charge in [-0.05, 0) is 6.07 Å².